The zero-order valence-corrected chi connectivity index (χ0v) is 14.2. The second-order valence-corrected chi connectivity index (χ2v) is 6.52. The van der Waals surface area contributed by atoms with Gasteiger partial charge in [-0.1, -0.05) is 30.3 Å². The molecule has 0 bridgehead atoms. The highest BCUT2D eigenvalue weighted by Crippen LogP contribution is 2.36. The molecule has 2 aliphatic rings. The Bertz CT molecular complexity index is 1140. The van der Waals surface area contributed by atoms with Crippen LogP contribution in [0.15, 0.2) is 47.6 Å². The number of nitrogens with zero attached hydrogens (tertiary/aromatic N) is 2. The van der Waals surface area contributed by atoms with Gasteiger partial charge in [0.2, 0.25) is 11.8 Å². The Morgan fingerprint density at radius 3 is 2.44 bits per heavy atom. The molecule has 2 N–H and O–H groups in total. The fraction of sp³-hybridized carbons (Fsp3) is 0.100. The summed E-state index contributed by atoms with van der Waals surface area (Å²) in [5, 5.41) is 4.73. The van der Waals surface area contributed by atoms with E-state index in [0.29, 0.717) is 16.8 Å². The van der Waals surface area contributed by atoms with Gasteiger partial charge in [0.05, 0.1) is 23.2 Å². The predicted molar refractivity (Wildman–Crippen MR) is 101 cm³/mol. The Hall–Kier alpha value is -3.74. The van der Waals surface area contributed by atoms with Crippen molar-refractivity contribution in [2.45, 2.75) is 12.8 Å². The summed E-state index contributed by atoms with van der Waals surface area (Å²) < 4.78 is 0. The van der Waals surface area contributed by atoms with Crippen LogP contribution in [0.5, 0.6) is 0 Å². The minimum atomic E-state index is -0.380. The number of hydrazone groups is 1. The predicted octanol–water partition coefficient (Wildman–Crippen LogP) is 2.57. The standard InChI is InChI=1S/C20H14N4O3/c25-16-6-7-17(26)24(16)12-8-13-18-14(10-21-23-20(13)27)19(22-15(18)9-12)11-4-2-1-3-5-11/h1-5,8-10,22H,6-7H2,(H,23,27). The monoisotopic (exact) mass is 358 g/mol. The highest BCUT2D eigenvalue weighted by atomic mass is 16.2. The number of carbonyl (C=O) groups is 3. The maximum Gasteiger partial charge on any atom is 0.272 e. The van der Waals surface area contributed by atoms with Crippen molar-refractivity contribution in [2.75, 3.05) is 4.90 Å². The second kappa shape index (κ2) is 5.63. The fourth-order valence-electron chi connectivity index (χ4n) is 3.69. The van der Waals surface area contributed by atoms with E-state index in [2.05, 4.69) is 15.5 Å². The largest absolute Gasteiger partial charge is 0.354 e. The summed E-state index contributed by atoms with van der Waals surface area (Å²) in [6, 6.07) is 13.0. The number of hydrogen-bond donors (Lipinski definition) is 2. The number of imide groups is 1. The van der Waals surface area contributed by atoms with Crippen molar-refractivity contribution < 1.29 is 14.4 Å². The molecule has 3 heterocycles. The minimum Gasteiger partial charge on any atom is -0.354 e. The first-order chi connectivity index (χ1) is 13.1. The van der Waals surface area contributed by atoms with Crippen LogP contribution in [0.2, 0.25) is 0 Å². The average Bonchev–Trinajstić information content (AvgIpc) is 3.15. The number of rotatable bonds is 2. The molecule has 2 aromatic carbocycles. The van der Waals surface area contributed by atoms with Gasteiger partial charge in [-0.2, -0.15) is 5.10 Å². The molecule has 3 amide bonds. The van der Waals surface area contributed by atoms with Crippen LogP contribution in [0.25, 0.3) is 22.2 Å². The lowest BCUT2D eigenvalue weighted by Gasteiger charge is -2.15. The van der Waals surface area contributed by atoms with Gasteiger partial charge in [-0.25, -0.2) is 5.43 Å². The molecule has 132 valence electrons. The smallest absolute Gasteiger partial charge is 0.272 e. The molecule has 7 nitrogen and oxygen atoms in total. The Morgan fingerprint density at radius 1 is 0.963 bits per heavy atom. The van der Waals surface area contributed by atoms with Gasteiger partial charge in [-0.05, 0) is 17.7 Å². The summed E-state index contributed by atoms with van der Waals surface area (Å²) in [7, 11) is 0. The van der Waals surface area contributed by atoms with Crippen LogP contribution in [-0.2, 0) is 9.59 Å². The van der Waals surface area contributed by atoms with Gasteiger partial charge in [0.15, 0.2) is 0 Å². The topological polar surface area (TPSA) is 94.6 Å². The van der Waals surface area contributed by atoms with Gasteiger partial charge >= 0.3 is 0 Å². The molecule has 0 spiro atoms. The van der Waals surface area contributed by atoms with E-state index in [1.807, 2.05) is 30.3 Å². The lowest BCUT2D eigenvalue weighted by atomic mass is 10.0. The van der Waals surface area contributed by atoms with Crippen LogP contribution in [-0.4, -0.2) is 28.9 Å². The summed E-state index contributed by atoms with van der Waals surface area (Å²) in [6.07, 6.45) is 1.99. The number of hydrogen-bond acceptors (Lipinski definition) is 4. The molecular weight excluding hydrogens is 344 g/mol. The number of aromatic amines is 1. The number of carbonyl (C=O) groups excluding carboxylic acids is 3. The van der Waals surface area contributed by atoms with Crippen LogP contribution in [0.4, 0.5) is 5.69 Å². The zero-order valence-electron chi connectivity index (χ0n) is 14.2. The molecule has 0 saturated carbocycles. The van der Waals surface area contributed by atoms with Crippen LogP contribution in [0.3, 0.4) is 0 Å². The third kappa shape index (κ3) is 2.28. The SMILES string of the molecule is O=C1NN=Cc2c(-c3ccccc3)[nH]c3cc(N4C(=O)CCC4=O)cc1c23. The molecule has 7 heteroatoms. The van der Waals surface area contributed by atoms with Crippen LogP contribution < -0.4 is 10.3 Å². The summed E-state index contributed by atoms with van der Waals surface area (Å²) >= 11 is 0. The number of H-pyrrole nitrogens is 1. The molecule has 5 rings (SSSR count). The van der Waals surface area contributed by atoms with E-state index in [9.17, 15) is 14.4 Å². The van der Waals surface area contributed by atoms with Crippen molar-refractivity contribution in [3.05, 3.63) is 53.6 Å². The number of benzene rings is 2. The Kier molecular flexibility index (Phi) is 3.24. The quantitative estimate of drug-likeness (QED) is 0.689. The van der Waals surface area contributed by atoms with Crippen molar-refractivity contribution in [2.24, 2.45) is 5.10 Å². The van der Waals surface area contributed by atoms with E-state index in [4.69, 9.17) is 0 Å². The molecule has 1 saturated heterocycles. The maximum atomic E-state index is 12.5. The zero-order chi connectivity index (χ0) is 18.5. The Morgan fingerprint density at radius 2 is 1.70 bits per heavy atom. The van der Waals surface area contributed by atoms with Crippen molar-refractivity contribution in [3.8, 4) is 11.3 Å². The molecule has 0 atom stereocenters. The molecule has 0 radical (unpaired) electrons. The third-order valence-electron chi connectivity index (χ3n) is 4.90. The van der Waals surface area contributed by atoms with Gasteiger partial charge in [-0.15, -0.1) is 0 Å². The first-order valence-corrected chi connectivity index (χ1v) is 8.58. The van der Waals surface area contributed by atoms with Gasteiger partial charge in [0, 0.05) is 29.3 Å². The highest BCUT2D eigenvalue weighted by Gasteiger charge is 2.32. The molecule has 0 aliphatic carbocycles. The van der Waals surface area contributed by atoms with Crippen molar-refractivity contribution >= 4 is 40.5 Å². The van der Waals surface area contributed by atoms with E-state index in [1.54, 1.807) is 18.3 Å². The van der Waals surface area contributed by atoms with Crippen molar-refractivity contribution in [1.82, 2.24) is 10.4 Å². The fourth-order valence-corrected chi connectivity index (χ4v) is 3.69. The molecular formula is C20H14N4O3. The van der Waals surface area contributed by atoms with Gasteiger partial charge in [-0.3, -0.25) is 19.3 Å². The van der Waals surface area contributed by atoms with E-state index in [-0.39, 0.29) is 30.6 Å². The molecule has 0 unspecified atom stereocenters. The first kappa shape index (κ1) is 15.5. The Balaban J connectivity index is 1.80. The maximum absolute atomic E-state index is 12.5. The van der Waals surface area contributed by atoms with Crippen LogP contribution >= 0.6 is 0 Å². The number of aromatic nitrogens is 1. The summed E-state index contributed by atoms with van der Waals surface area (Å²) in [5.41, 5.74) is 6.49. The average molecular weight is 358 g/mol. The van der Waals surface area contributed by atoms with Crippen LogP contribution in [0, 0.1) is 0 Å². The lowest BCUT2D eigenvalue weighted by molar-refractivity contribution is -0.121. The lowest BCUT2D eigenvalue weighted by Crippen LogP contribution is -2.29. The minimum absolute atomic E-state index is 0.187. The molecule has 27 heavy (non-hydrogen) atoms. The van der Waals surface area contributed by atoms with E-state index >= 15 is 0 Å². The summed E-state index contributed by atoms with van der Waals surface area (Å²) in [5.74, 6) is -0.895. The van der Waals surface area contributed by atoms with E-state index in [0.717, 1.165) is 27.1 Å². The molecule has 1 fully saturated rings. The first-order valence-electron chi connectivity index (χ1n) is 8.58. The number of anilines is 1. The molecule has 1 aromatic heterocycles. The normalized spacial score (nSPS) is 16.1. The van der Waals surface area contributed by atoms with E-state index in [1.165, 1.54) is 0 Å². The summed E-state index contributed by atoms with van der Waals surface area (Å²) in [6.45, 7) is 0. The number of nitrogens with one attached hydrogen (secondary N) is 2. The van der Waals surface area contributed by atoms with Crippen LogP contribution in [0.1, 0.15) is 28.8 Å². The Labute approximate surface area is 153 Å². The second-order valence-electron chi connectivity index (χ2n) is 6.52. The van der Waals surface area contributed by atoms with Gasteiger partial charge in [0.1, 0.15) is 0 Å². The third-order valence-corrected chi connectivity index (χ3v) is 4.90. The van der Waals surface area contributed by atoms with E-state index < -0.39 is 0 Å². The van der Waals surface area contributed by atoms with Crippen molar-refractivity contribution in [3.63, 3.8) is 0 Å². The molecule has 3 aromatic rings. The van der Waals surface area contributed by atoms with Gasteiger partial charge < -0.3 is 4.98 Å². The highest BCUT2D eigenvalue weighted by molar-refractivity contribution is 6.23. The van der Waals surface area contributed by atoms with Gasteiger partial charge in [0.25, 0.3) is 5.91 Å². The summed E-state index contributed by atoms with van der Waals surface area (Å²) in [4.78, 5) is 41.3. The number of amides is 3. The molecule has 2 aliphatic heterocycles. The van der Waals surface area contributed by atoms with Crippen molar-refractivity contribution in [1.29, 1.82) is 0 Å².